The predicted molar refractivity (Wildman–Crippen MR) is 76.1 cm³/mol. The Balaban J connectivity index is 1.65. The monoisotopic (exact) mass is 287 g/mol. The Labute approximate surface area is 122 Å². The number of nitrogens with one attached hydrogen (secondary N) is 1. The summed E-state index contributed by atoms with van der Waals surface area (Å²) < 4.78 is 10.9. The fourth-order valence-corrected chi connectivity index (χ4v) is 2.34. The highest BCUT2D eigenvalue weighted by Crippen LogP contribution is 2.13. The number of carbonyl (C=O) groups excluding carboxylic acids is 1. The first-order chi connectivity index (χ1) is 10.3. The molecule has 1 atom stereocenters. The van der Waals surface area contributed by atoms with Gasteiger partial charge in [-0.2, -0.15) is 0 Å². The summed E-state index contributed by atoms with van der Waals surface area (Å²) in [6.07, 6.45) is 4.87. The summed E-state index contributed by atoms with van der Waals surface area (Å²) in [6.45, 7) is 2.54. The second kappa shape index (κ2) is 6.41. The van der Waals surface area contributed by atoms with Crippen molar-refractivity contribution in [1.29, 1.82) is 0 Å². The number of aromatic nitrogens is 1. The Hall–Kier alpha value is -2.34. The largest absolute Gasteiger partial charge is 0.490 e. The third-order valence-corrected chi connectivity index (χ3v) is 3.42. The summed E-state index contributed by atoms with van der Waals surface area (Å²) in [7, 11) is 0. The van der Waals surface area contributed by atoms with Gasteiger partial charge in [-0.05, 0) is 24.3 Å². The fraction of sp³-hybridized carbons (Fsp3) is 0.333. The van der Waals surface area contributed by atoms with Gasteiger partial charge in [0.25, 0.3) is 5.91 Å². The molecule has 2 aromatic rings. The lowest BCUT2D eigenvalue weighted by molar-refractivity contribution is 0.0528. The van der Waals surface area contributed by atoms with Gasteiger partial charge in [0.1, 0.15) is 12.4 Å². The zero-order valence-electron chi connectivity index (χ0n) is 11.6. The summed E-state index contributed by atoms with van der Waals surface area (Å²) >= 11 is 0. The molecule has 1 aliphatic rings. The number of nitrogens with zero attached hydrogens (tertiary/aromatic N) is 2. The number of furan rings is 1. The summed E-state index contributed by atoms with van der Waals surface area (Å²) in [5.74, 6) is 0.970. The minimum Gasteiger partial charge on any atom is -0.490 e. The normalized spacial score (nSPS) is 18.5. The average molecular weight is 287 g/mol. The SMILES string of the molecule is O=C(c1ccco1)N1CCNCC1COc1cccnc1. The maximum atomic E-state index is 12.4. The third-order valence-electron chi connectivity index (χ3n) is 3.42. The van der Waals surface area contributed by atoms with E-state index in [0.29, 0.717) is 31.2 Å². The van der Waals surface area contributed by atoms with Gasteiger partial charge in [0.15, 0.2) is 5.76 Å². The lowest BCUT2D eigenvalue weighted by Gasteiger charge is -2.35. The van der Waals surface area contributed by atoms with Crippen molar-refractivity contribution in [3.63, 3.8) is 0 Å². The van der Waals surface area contributed by atoms with Crippen LogP contribution in [0, 0.1) is 0 Å². The molecule has 2 aromatic heterocycles. The Morgan fingerprint density at radius 1 is 1.48 bits per heavy atom. The number of amides is 1. The quantitative estimate of drug-likeness (QED) is 0.914. The molecule has 6 nitrogen and oxygen atoms in total. The number of hydrogen-bond donors (Lipinski definition) is 1. The molecule has 3 rings (SSSR count). The first-order valence-electron chi connectivity index (χ1n) is 6.92. The van der Waals surface area contributed by atoms with E-state index < -0.39 is 0 Å². The smallest absolute Gasteiger partial charge is 0.290 e. The van der Waals surface area contributed by atoms with Crippen LogP contribution in [0.25, 0.3) is 0 Å². The van der Waals surface area contributed by atoms with Crippen molar-refractivity contribution in [1.82, 2.24) is 15.2 Å². The Morgan fingerprint density at radius 2 is 2.43 bits per heavy atom. The van der Waals surface area contributed by atoms with Crippen LogP contribution in [0.2, 0.25) is 0 Å². The average Bonchev–Trinajstić information content (AvgIpc) is 3.08. The van der Waals surface area contributed by atoms with Crippen LogP contribution < -0.4 is 10.1 Å². The molecule has 0 aromatic carbocycles. The van der Waals surface area contributed by atoms with Crippen molar-refractivity contribution in [2.24, 2.45) is 0 Å². The fourth-order valence-electron chi connectivity index (χ4n) is 2.34. The second-order valence-corrected chi connectivity index (χ2v) is 4.83. The van der Waals surface area contributed by atoms with Gasteiger partial charge in [0.05, 0.1) is 18.5 Å². The molecule has 0 spiro atoms. The lowest BCUT2D eigenvalue weighted by Crippen LogP contribution is -2.55. The van der Waals surface area contributed by atoms with E-state index >= 15 is 0 Å². The van der Waals surface area contributed by atoms with Gasteiger partial charge in [0.2, 0.25) is 0 Å². The molecule has 1 amide bonds. The Morgan fingerprint density at radius 3 is 3.19 bits per heavy atom. The van der Waals surface area contributed by atoms with Crippen LogP contribution in [-0.4, -0.2) is 48.1 Å². The van der Waals surface area contributed by atoms with Crippen LogP contribution in [0.15, 0.2) is 47.3 Å². The van der Waals surface area contributed by atoms with E-state index in [1.807, 2.05) is 12.1 Å². The van der Waals surface area contributed by atoms with Gasteiger partial charge in [-0.25, -0.2) is 0 Å². The Kier molecular flexibility index (Phi) is 4.16. The molecule has 21 heavy (non-hydrogen) atoms. The number of hydrogen-bond acceptors (Lipinski definition) is 5. The molecule has 1 N–H and O–H groups in total. The van der Waals surface area contributed by atoms with Gasteiger partial charge >= 0.3 is 0 Å². The summed E-state index contributed by atoms with van der Waals surface area (Å²) in [5, 5.41) is 3.28. The maximum absolute atomic E-state index is 12.4. The Bertz CT molecular complexity index is 571. The highest BCUT2D eigenvalue weighted by molar-refractivity contribution is 5.91. The topological polar surface area (TPSA) is 67.6 Å². The zero-order chi connectivity index (χ0) is 14.5. The van der Waals surface area contributed by atoms with Crippen LogP contribution in [0.1, 0.15) is 10.6 Å². The van der Waals surface area contributed by atoms with E-state index in [1.165, 1.54) is 6.26 Å². The van der Waals surface area contributed by atoms with Crippen molar-refractivity contribution < 1.29 is 13.9 Å². The second-order valence-electron chi connectivity index (χ2n) is 4.83. The molecule has 1 fully saturated rings. The van der Waals surface area contributed by atoms with E-state index in [9.17, 15) is 4.79 Å². The minimum atomic E-state index is -0.0960. The number of carbonyl (C=O) groups is 1. The summed E-state index contributed by atoms with van der Waals surface area (Å²) in [6, 6.07) is 7.04. The molecule has 1 unspecified atom stereocenters. The van der Waals surface area contributed by atoms with Gasteiger partial charge in [0, 0.05) is 25.8 Å². The lowest BCUT2D eigenvalue weighted by atomic mass is 10.2. The van der Waals surface area contributed by atoms with Crippen LogP contribution in [-0.2, 0) is 0 Å². The molecule has 0 saturated carbocycles. The van der Waals surface area contributed by atoms with Gasteiger partial charge in [-0.1, -0.05) is 0 Å². The standard InChI is InChI=1S/C15H17N3O3/c19-15(14-4-2-8-20-14)18-7-6-17-9-12(18)11-21-13-3-1-5-16-10-13/h1-5,8,10,12,17H,6-7,9,11H2. The number of ether oxygens (including phenoxy) is 1. The highest BCUT2D eigenvalue weighted by Gasteiger charge is 2.29. The maximum Gasteiger partial charge on any atom is 0.290 e. The van der Waals surface area contributed by atoms with Gasteiger partial charge in [-0.3, -0.25) is 9.78 Å². The van der Waals surface area contributed by atoms with Crippen molar-refractivity contribution >= 4 is 5.91 Å². The molecule has 0 aliphatic carbocycles. The van der Waals surface area contributed by atoms with E-state index in [2.05, 4.69) is 10.3 Å². The zero-order valence-corrected chi connectivity index (χ0v) is 11.6. The van der Waals surface area contributed by atoms with E-state index in [0.717, 1.165) is 6.54 Å². The van der Waals surface area contributed by atoms with Crippen LogP contribution >= 0.6 is 0 Å². The third kappa shape index (κ3) is 3.22. The predicted octanol–water partition coefficient (Wildman–Crippen LogP) is 1.17. The van der Waals surface area contributed by atoms with Crippen molar-refractivity contribution in [2.75, 3.05) is 26.2 Å². The molecular formula is C15H17N3O3. The number of pyridine rings is 1. The molecule has 1 aliphatic heterocycles. The molecule has 3 heterocycles. The first kappa shape index (κ1) is 13.6. The van der Waals surface area contributed by atoms with Gasteiger partial charge < -0.3 is 19.4 Å². The van der Waals surface area contributed by atoms with Crippen LogP contribution in [0.4, 0.5) is 0 Å². The molecule has 0 radical (unpaired) electrons. The molecule has 0 bridgehead atoms. The van der Waals surface area contributed by atoms with E-state index in [1.54, 1.807) is 29.4 Å². The highest BCUT2D eigenvalue weighted by atomic mass is 16.5. The number of rotatable bonds is 4. The van der Waals surface area contributed by atoms with E-state index in [-0.39, 0.29) is 11.9 Å². The molecular weight excluding hydrogens is 270 g/mol. The van der Waals surface area contributed by atoms with Crippen LogP contribution in [0.5, 0.6) is 5.75 Å². The van der Waals surface area contributed by atoms with Crippen LogP contribution in [0.3, 0.4) is 0 Å². The van der Waals surface area contributed by atoms with Gasteiger partial charge in [-0.15, -0.1) is 0 Å². The summed E-state index contributed by atoms with van der Waals surface area (Å²) in [4.78, 5) is 18.2. The first-order valence-corrected chi connectivity index (χ1v) is 6.92. The van der Waals surface area contributed by atoms with E-state index in [4.69, 9.17) is 9.15 Å². The van der Waals surface area contributed by atoms with Crippen molar-refractivity contribution in [3.05, 3.63) is 48.7 Å². The molecule has 110 valence electrons. The van der Waals surface area contributed by atoms with Crippen molar-refractivity contribution in [3.8, 4) is 5.75 Å². The number of piperazine rings is 1. The van der Waals surface area contributed by atoms with Crippen molar-refractivity contribution in [2.45, 2.75) is 6.04 Å². The summed E-state index contributed by atoms with van der Waals surface area (Å²) in [5.41, 5.74) is 0. The molecule has 6 heteroatoms. The molecule has 1 saturated heterocycles. The minimum absolute atomic E-state index is 0.0310.